The Morgan fingerprint density at radius 3 is 2.26 bits per heavy atom. The number of amides is 1. The maximum absolute atomic E-state index is 12.4. The van der Waals surface area contributed by atoms with Gasteiger partial charge in [-0.25, -0.2) is 0 Å². The summed E-state index contributed by atoms with van der Waals surface area (Å²) in [6.45, 7) is 6.44. The summed E-state index contributed by atoms with van der Waals surface area (Å²) in [7, 11) is 0. The number of nitrogens with zero attached hydrogens (tertiary/aromatic N) is 1. The van der Waals surface area contributed by atoms with Gasteiger partial charge in [0, 0.05) is 5.92 Å². The van der Waals surface area contributed by atoms with E-state index in [-0.39, 0.29) is 11.8 Å². The topological polar surface area (TPSA) is 52.9 Å². The van der Waals surface area contributed by atoms with Crippen molar-refractivity contribution in [1.29, 1.82) is 5.26 Å². The monoisotopic (exact) mass is 264 g/mol. The van der Waals surface area contributed by atoms with Crippen LogP contribution in [0.3, 0.4) is 0 Å². The van der Waals surface area contributed by atoms with Gasteiger partial charge < -0.3 is 5.32 Å². The quantitative estimate of drug-likeness (QED) is 0.793. The molecule has 3 nitrogen and oxygen atoms in total. The van der Waals surface area contributed by atoms with E-state index in [9.17, 15) is 10.1 Å². The predicted octanol–water partition coefficient (Wildman–Crippen LogP) is 3.79. The average molecular weight is 264 g/mol. The van der Waals surface area contributed by atoms with Gasteiger partial charge in [0.25, 0.3) is 0 Å². The van der Waals surface area contributed by atoms with Gasteiger partial charge in [0.05, 0.1) is 6.07 Å². The number of hydrogen-bond donors (Lipinski definition) is 1. The molecule has 1 rings (SSSR count). The van der Waals surface area contributed by atoms with Crippen LogP contribution in [0.4, 0.5) is 0 Å². The van der Waals surface area contributed by atoms with Crippen molar-refractivity contribution in [2.45, 2.75) is 77.7 Å². The van der Waals surface area contributed by atoms with Crippen LogP contribution in [0, 0.1) is 23.2 Å². The van der Waals surface area contributed by atoms with Gasteiger partial charge in [-0.1, -0.05) is 33.6 Å². The van der Waals surface area contributed by atoms with E-state index in [1.807, 2.05) is 0 Å². The van der Waals surface area contributed by atoms with E-state index in [1.165, 1.54) is 0 Å². The molecule has 0 saturated heterocycles. The Bertz CT molecular complexity index is 318. The first-order chi connectivity index (χ1) is 9.06. The van der Waals surface area contributed by atoms with Gasteiger partial charge in [0.1, 0.15) is 5.54 Å². The van der Waals surface area contributed by atoms with Crippen molar-refractivity contribution in [3.63, 3.8) is 0 Å². The van der Waals surface area contributed by atoms with E-state index < -0.39 is 5.54 Å². The van der Waals surface area contributed by atoms with Crippen LogP contribution in [-0.4, -0.2) is 11.4 Å². The van der Waals surface area contributed by atoms with E-state index in [0.717, 1.165) is 51.4 Å². The van der Waals surface area contributed by atoms with Crippen molar-refractivity contribution in [2.24, 2.45) is 11.8 Å². The minimum Gasteiger partial charge on any atom is -0.338 e. The van der Waals surface area contributed by atoms with Crippen LogP contribution in [0.1, 0.15) is 72.1 Å². The smallest absolute Gasteiger partial charge is 0.224 e. The summed E-state index contributed by atoms with van der Waals surface area (Å²) in [5.41, 5.74) is -0.594. The van der Waals surface area contributed by atoms with Crippen molar-refractivity contribution in [1.82, 2.24) is 5.32 Å². The summed E-state index contributed by atoms with van der Waals surface area (Å²) in [6, 6.07) is 2.38. The summed E-state index contributed by atoms with van der Waals surface area (Å²) in [4.78, 5) is 12.4. The Labute approximate surface area is 117 Å². The van der Waals surface area contributed by atoms with Crippen molar-refractivity contribution < 1.29 is 4.79 Å². The van der Waals surface area contributed by atoms with Crippen molar-refractivity contribution in [3.05, 3.63) is 0 Å². The van der Waals surface area contributed by atoms with Crippen LogP contribution in [0.25, 0.3) is 0 Å². The van der Waals surface area contributed by atoms with Gasteiger partial charge in [-0.2, -0.15) is 5.26 Å². The third-order valence-electron chi connectivity index (χ3n) is 4.35. The Morgan fingerprint density at radius 2 is 1.84 bits per heavy atom. The zero-order valence-electron chi connectivity index (χ0n) is 12.7. The van der Waals surface area contributed by atoms with Crippen LogP contribution in [0.15, 0.2) is 0 Å². The van der Waals surface area contributed by atoms with Gasteiger partial charge in [-0.15, -0.1) is 0 Å². The first-order valence-corrected chi connectivity index (χ1v) is 7.80. The number of carbonyl (C=O) groups excluding carboxylic acids is 1. The molecule has 0 heterocycles. The van der Waals surface area contributed by atoms with Gasteiger partial charge in [-0.05, 0) is 44.4 Å². The number of carbonyl (C=O) groups is 1. The van der Waals surface area contributed by atoms with Crippen molar-refractivity contribution >= 4 is 5.91 Å². The molecule has 0 spiro atoms. The molecular weight excluding hydrogens is 236 g/mol. The van der Waals surface area contributed by atoms with E-state index in [4.69, 9.17) is 0 Å². The van der Waals surface area contributed by atoms with E-state index in [0.29, 0.717) is 5.92 Å². The molecular formula is C16H28N2O. The molecule has 0 unspecified atom stereocenters. The van der Waals surface area contributed by atoms with Crippen molar-refractivity contribution in [3.8, 4) is 6.07 Å². The molecule has 1 aliphatic rings. The number of rotatable bonds is 6. The van der Waals surface area contributed by atoms with Gasteiger partial charge in [0.15, 0.2) is 0 Å². The summed E-state index contributed by atoms with van der Waals surface area (Å²) in [6.07, 6.45) is 7.60. The van der Waals surface area contributed by atoms with Crippen LogP contribution < -0.4 is 5.32 Å². The second-order valence-electron chi connectivity index (χ2n) is 6.14. The minimum atomic E-state index is -0.594. The predicted molar refractivity (Wildman–Crippen MR) is 77.4 cm³/mol. The van der Waals surface area contributed by atoms with Gasteiger partial charge in [0.2, 0.25) is 5.91 Å². The second kappa shape index (κ2) is 7.53. The minimum absolute atomic E-state index is 0.0829. The van der Waals surface area contributed by atoms with Gasteiger partial charge in [-0.3, -0.25) is 4.79 Å². The maximum atomic E-state index is 12.4. The second-order valence-corrected chi connectivity index (χ2v) is 6.14. The molecule has 1 saturated carbocycles. The Hall–Kier alpha value is -1.04. The van der Waals surface area contributed by atoms with Crippen LogP contribution in [0.2, 0.25) is 0 Å². The highest BCUT2D eigenvalue weighted by Crippen LogP contribution is 2.32. The molecule has 1 N–H and O–H groups in total. The lowest BCUT2D eigenvalue weighted by Gasteiger charge is -2.35. The summed E-state index contributed by atoms with van der Waals surface area (Å²) < 4.78 is 0. The summed E-state index contributed by atoms with van der Waals surface area (Å²) >= 11 is 0. The largest absolute Gasteiger partial charge is 0.338 e. The van der Waals surface area contributed by atoms with Crippen LogP contribution in [0.5, 0.6) is 0 Å². The maximum Gasteiger partial charge on any atom is 0.224 e. The standard InChI is InChI=1S/C16H28N2O/c1-4-6-14(7-5-2)15(19)18-16(12-17)10-8-13(3)9-11-16/h13-14H,4-11H2,1-3H3,(H,18,19). The van der Waals surface area contributed by atoms with Crippen LogP contribution >= 0.6 is 0 Å². The molecule has 0 aliphatic heterocycles. The van der Waals surface area contributed by atoms with Crippen LogP contribution in [-0.2, 0) is 4.79 Å². The van der Waals surface area contributed by atoms with Gasteiger partial charge >= 0.3 is 0 Å². The molecule has 0 aromatic heterocycles. The summed E-state index contributed by atoms with van der Waals surface area (Å²) in [5.74, 6) is 0.861. The summed E-state index contributed by atoms with van der Waals surface area (Å²) in [5, 5.41) is 12.5. The SMILES string of the molecule is CCCC(CCC)C(=O)NC1(C#N)CCC(C)CC1. The third kappa shape index (κ3) is 4.53. The number of hydrogen-bond acceptors (Lipinski definition) is 2. The molecule has 3 heteroatoms. The average Bonchev–Trinajstić information content (AvgIpc) is 2.41. The highest BCUT2D eigenvalue weighted by molar-refractivity contribution is 5.79. The molecule has 0 aromatic carbocycles. The normalized spacial score (nSPS) is 27.0. The third-order valence-corrected chi connectivity index (χ3v) is 4.35. The molecule has 19 heavy (non-hydrogen) atoms. The molecule has 0 aromatic rings. The fraction of sp³-hybridized carbons (Fsp3) is 0.875. The zero-order chi connectivity index (χ0) is 14.3. The number of nitrogens with one attached hydrogen (secondary N) is 1. The Balaban J connectivity index is 2.64. The lowest BCUT2D eigenvalue weighted by molar-refractivity contribution is -0.127. The molecule has 108 valence electrons. The zero-order valence-corrected chi connectivity index (χ0v) is 12.7. The van der Waals surface area contributed by atoms with E-state index in [1.54, 1.807) is 0 Å². The lowest BCUT2D eigenvalue weighted by atomic mass is 9.77. The highest BCUT2D eigenvalue weighted by Gasteiger charge is 2.36. The molecule has 0 bridgehead atoms. The molecule has 1 aliphatic carbocycles. The molecule has 1 fully saturated rings. The van der Waals surface area contributed by atoms with E-state index in [2.05, 4.69) is 32.2 Å². The molecule has 0 radical (unpaired) electrons. The highest BCUT2D eigenvalue weighted by atomic mass is 16.2. The Kier molecular flexibility index (Phi) is 6.34. The first kappa shape index (κ1) is 16.0. The fourth-order valence-corrected chi connectivity index (χ4v) is 2.96. The molecule has 0 atom stereocenters. The first-order valence-electron chi connectivity index (χ1n) is 7.80. The molecule has 1 amide bonds. The Morgan fingerprint density at radius 1 is 1.32 bits per heavy atom. The van der Waals surface area contributed by atoms with E-state index >= 15 is 0 Å². The fourth-order valence-electron chi connectivity index (χ4n) is 2.96. The number of nitriles is 1. The van der Waals surface area contributed by atoms with Crippen molar-refractivity contribution in [2.75, 3.05) is 0 Å². The lowest BCUT2D eigenvalue weighted by Crippen LogP contribution is -2.51.